The molecule has 38 heavy (non-hydrogen) atoms. The van der Waals surface area contributed by atoms with Gasteiger partial charge >= 0.3 is 6.18 Å². The Labute approximate surface area is 220 Å². The van der Waals surface area contributed by atoms with Crippen molar-refractivity contribution in [3.63, 3.8) is 0 Å². The van der Waals surface area contributed by atoms with Crippen molar-refractivity contribution < 1.29 is 26.0 Å². The minimum absolute atomic E-state index is 0.0599. The van der Waals surface area contributed by atoms with Crippen molar-refractivity contribution in [2.24, 2.45) is 0 Å². The van der Waals surface area contributed by atoms with E-state index in [0.717, 1.165) is 23.0 Å². The summed E-state index contributed by atoms with van der Waals surface area (Å²) in [7, 11) is -3.88. The number of hydrogen-bond acceptors (Lipinski definition) is 7. The zero-order valence-electron chi connectivity index (χ0n) is 19.9. The molecule has 15 heteroatoms. The highest BCUT2D eigenvalue weighted by Gasteiger charge is 2.34. The van der Waals surface area contributed by atoms with E-state index < -0.39 is 27.7 Å². The third-order valence-electron chi connectivity index (χ3n) is 5.41. The van der Waals surface area contributed by atoms with Crippen molar-refractivity contribution in [2.75, 3.05) is 18.4 Å². The molecule has 0 saturated carbocycles. The van der Waals surface area contributed by atoms with Crippen LogP contribution in [0.15, 0.2) is 60.0 Å². The van der Waals surface area contributed by atoms with E-state index in [1.807, 2.05) is 0 Å². The number of pyridine rings is 1. The quantitative estimate of drug-likeness (QED) is 0.287. The highest BCUT2D eigenvalue weighted by Crippen LogP contribution is 2.31. The molecule has 0 fully saturated rings. The Kier molecular flexibility index (Phi) is 7.67. The van der Waals surface area contributed by atoms with Gasteiger partial charge in [-0.2, -0.15) is 27.6 Å². The van der Waals surface area contributed by atoms with Gasteiger partial charge in [0, 0.05) is 54.7 Å². The highest BCUT2D eigenvalue weighted by atomic mass is 35.5. The van der Waals surface area contributed by atoms with Crippen LogP contribution in [0.1, 0.15) is 19.5 Å². The maximum absolute atomic E-state index is 13.5. The van der Waals surface area contributed by atoms with Crippen LogP contribution in [0.2, 0.25) is 5.02 Å². The zero-order valence-corrected chi connectivity index (χ0v) is 21.5. The Hall–Kier alpha value is -3.62. The molecule has 0 radical (unpaired) electrons. The monoisotopic (exact) mass is 569 g/mol. The predicted molar refractivity (Wildman–Crippen MR) is 132 cm³/mol. The third-order valence-corrected chi connectivity index (χ3v) is 7.71. The lowest BCUT2D eigenvalue weighted by molar-refractivity contribution is -0.141. The fourth-order valence-electron chi connectivity index (χ4n) is 3.53. The SMILES string of the molecule is CCN(CC)S(=O)(=O)c1cncc(-c2cnc(Nc3ccc(F)c(Cl)c3)nc2-n2ccc(C(F)(F)F)n2)c1. The highest BCUT2D eigenvalue weighted by molar-refractivity contribution is 7.89. The van der Waals surface area contributed by atoms with Crippen molar-refractivity contribution in [3.8, 4) is 16.9 Å². The van der Waals surface area contributed by atoms with E-state index in [2.05, 4.69) is 25.4 Å². The molecule has 3 aromatic heterocycles. The van der Waals surface area contributed by atoms with Crippen LogP contribution < -0.4 is 5.32 Å². The molecule has 3 heterocycles. The molecule has 0 unspecified atom stereocenters. The van der Waals surface area contributed by atoms with Gasteiger partial charge in [0.1, 0.15) is 10.7 Å². The summed E-state index contributed by atoms with van der Waals surface area (Å²) in [4.78, 5) is 12.4. The van der Waals surface area contributed by atoms with Gasteiger partial charge in [-0.1, -0.05) is 25.4 Å². The average molecular weight is 570 g/mol. The van der Waals surface area contributed by atoms with Gasteiger partial charge in [0.25, 0.3) is 0 Å². The zero-order chi connectivity index (χ0) is 27.7. The number of aromatic nitrogens is 5. The number of nitrogens with one attached hydrogen (secondary N) is 1. The largest absolute Gasteiger partial charge is 0.435 e. The van der Waals surface area contributed by atoms with E-state index in [9.17, 15) is 26.0 Å². The summed E-state index contributed by atoms with van der Waals surface area (Å²) in [5, 5.41) is 6.24. The van der Waals surface area contributed by atoms with Gasteiger partial charge in [-0.15, -0.1) is 0 Å². The van der Waals surface area contributed by atoms with Gasteiger partial charge < -0.3 is 5.32 Å². The maximum Gasteiger partial charge on any atom is 0.435 e. The van der Waals surface area contributed by atoms with E-state index in [0.29, 0.717) is 5.69 Å². The molecule has 0 bridgehead atoms. The number of nitrogens with zero attached hydrogens (tertiary/aromatic N) is 6. The normalized spacial score (nSPS) is 12.2. The summed E-state index contributed by atoms with van der Waals surface area (Å²) >= 11 is 5.82. The van der Waals surface area contributed by atoms with Gasteiger partial charge in [-0.3, -0.25) is 4.98 Å². The number of anilines is 2. The Balaban J connectivity index is 1.83. The fourth-order valence-corrected chi connectivity index (χ4v) is 5.16. The molecule has 0 aliphatic rings. The minimum Gasteiger partial charge on any atom is -0.324 e. The summed E-state index contributed by atoms with van der Waals surface area (Å²) < 4.78 is 81.5. The number of benzene rings is 1. The van der Waals surface area contributed by atoms with Crippen LogP contribution in [0, 0.1) is 5.82 Å². The van der Waals surface area contributed by atoms with Crippen molar-refractivity contribution in [2.45, 2.75) is 24.9 Å². The van der Waals surface area contributed by atoms with Gasteiger partial charge in [0.2, 0.25) is 16.0 Å². The smallest absolute Gasteiger partial charge is 0.324 e. The second-order valence-electron chi connectivity index (χ2n) is 7.83. The number of hydrogen-bond donors (Lipinski definition) is 1. The molecular formula is C23H20ClF4N7O2S. The van der Waals surface area contributed by atoms with Crippen LogP contribution in [0.25, 0.3) is 16.9 Å². The number of alkyl halides is 3. The summed E-state index contributed by atoms with van der Waals surface area (Å²) in [5.74, 6) is -0.793. The van der Waals surface area contributed by atoms with E-state index >= 15 is 0 Å². The summed E-state index contributed by atoms with van der Waals surface area (Å²) in [6.07, 6.45) is 0.169. The van der Waals surface area contributed by atoms with E-state index in [4.69, 9.17) is 11.6 Å². The third kappa shape index (κ3) is 5.61. The van der Waals surface area contributed by atoms with Crippen molar-refractivity contribution >= 4 is 33.3 Å². The number of halogens is 5. The van der Waals surface area contributed by atoms with E-state index in [1.165, 1.54) is 41.1 Å². The van der Waals surface area contributed by atoms with Crippen LogP contribution in [-0.2, 0) is 16.2 Å². The van der Waals surface area contributed by atoms with Crippen molar-refractivity contribution in [1.29, 1.82) is 0 Å². The first-order chi connectivity index (χ1) is 17.9. The average Bonchev–Trinajstić information content (AvgIpc) is 3.38. The summed E-state index contributed by atoms with van der Waals surface area (Å²) in [6.45, 7) is 3.86. The van der Waals surface area contributed by atoms with Crippen LogP contribution in [0.4, 0.5) is 29.2 Å². The molecule has 0 spiro atoms. The lowest BCUT2D eigenvalue weighted by atomic mass is 10.1. The predicted octanol–water partition coefficient (Wildman–Crippen LogP) is 5.31. The van der Waals surface area contributed by atoms with Crippen molar-refractivity contribution in [3.05, 3.63) is 71.7 Å². The van der Waals surface area contributed by atoms with Crippen LogP contribution in [0.3, 0.4) is 0 Å². The topological polar surface area (TPSA) is 106 Å². The standard InChI is InChI=1S/C23H20ClF4N7O2S/c1-3-34(4-2)38(36,37)16-9-14(11-29-12-16)17-13-30-22(31-15-5-6-19(25)18(24)10-15)32-21(17)35-8-7-20(33-35)23(26,27)28/h5-13H,3-4H2,1-2H3,(H,30,31,32). The Morgan fingerprint density at radius 3 is 2.45 bits per heavy atom. The van der Waals surface area contributed by atoms with Crippen LogP contribution in [-0.4, -0.2) is 50.5 Å². The Morgan fingerprint density at radius 2 is 1.82 bits per heavy atom. The van der Waals surface area contributed by atoms with Crippen LogP contribution in [0.5, 0.6) is 0 Å². The molecule has 4 rings (SSSR count). The maximum atomic E-state index is 13.5. The molecule has 4 aromatic rings. The first-order valence-electron chi connectivity index (χ1n) is 11.1. The molecule has 0 atom stereocenters. The fraction of sp³-hybridized carbons (Fsp3) is 0.217. The Bertz CT molecular complexity index is 1570. The first kappa shape index (κ1) is 27.4. The molecule has 0 aliphatic carbocycles. The molecule has 0 saturated heterocycles. The van der Waals surface area contributed by atoms with E-state index in [1.54, 1.807) is 13.8 Å². The molecule has 200 valence electrons. The number of sulfonamides is 1. The molecule has 1 N–H and O–H groups in total. The molecule has 0 aliphatic heterocycles. The van der Waals surface area contributed by atoms with E-state index in [-0.39, 0.29) is 45.9 Å². The van der Waals surface area contributed by atoms with Crippen molar-refractivity contribution in [1.82, 2.24) is 29.0 Å². The molecule has 1 aromatic carbocycles. The van der Waals surface area contributed by atoms with Gasteiger partial charge in [-0.25, -0.2) is 22.5 Å². The lowest BCUT2D eigenvalue weighted by Gasteiger charge is -2.18. The minimum atomic E-state index is -4.70. The van der Waals surface area contributed by atoms with Gasteiger partial charge in [0.15, 0.2) is 11.5 Å². The molecular weight excluding hydrogens is 550 g/mol. The first-order valence-corrected chi connectivity index (χ1v) is 12.9. The lowest BCUT2D eigenvalue weighted by Crippen LogP contribution is -2.30. The molecule has 9 nitrogen and oxygen atoms in total. The second kappa shape index (κ2) is 10.6. The second-order valence-corrected chi connectivity index (χ2v) is 10.2. The van der Waals surface area contributed by atoms with Gasteiger partial charge in [-0.05, 0) is 30.3 Å². The van der Waals surface area contributed by atoms with Gasteiger partial charge in [0.05, 0.1) is 5.02 Å². The van der Waals surface area contributed by atoms with Crippen LogP contribution >= 0.6 is 11.6 Å². The summed E-state index contributed by atoms with van der Waals surface area (Å²) in [5.41, 5.74) is -0.444. The Morgan fingerprint density at radius 1 is 1.08 bits per heavy atom. The summed E-state index contributed by atoms with van der Waals surface area (Å²) in [6, 6.07) is 5.90. The number of rotatable bonds is 8. The molecule has 0 amide bonds.